The molecule has 2 N–H and O–H groups in total. The van der Waals surface area contributed by atoms with Crippen LogP contribution < -0.4 is 4.74 Å². The van der Waals surface area contributed by atoms with Gasteiger partial charge in [0.2, 0.25) is 11.8 Å². The number of carbonyl (C=O) groups is 1. The number of rotatable bonds is 6. The van der Waals surface area contributed by atoms with Crippen molar-refractivity contribution < 1.29 is 19.7 Å². The SMILES string of the molecule is COc1ccc2cc([C@@H](C)C(=O)n3c(O)cc(O)c3CCc3ccccc3)ccc2c1. The first kappa shape index (κ1) is 20.5. The van der Waals surface area contributed by atoms with E-state index in [0.717, 1.165) is 27.6 Å². The lowest BCUT2D eigenvalue weighted by atomic mass is 9.96. The van der Waals surface area contributed by atoms with Gasteiger partial charge in [-0.1, -0.05) is 54.6 Å². The maximum Gasteiger partial charge on any atom is 0.241 e. The summed E-state index contributed by atoms with van der Waals surface area (Å²) in [4.78, 5) is 13.3. The average molecular weight is 415 g/mol. The molecule has 0 saturated carbocycles. The zero-order valence-electron chi connectivity index (χ0n) is 17.6. The molecule has 4 aromatic rings. The van der Waals surface area contributed by atoms with Crippen molar-refractivity contribution >= 4 is 16.7 Å². The molecule has 0 amide bonds. The second-order valence-corrected chi connectivity index (χ2v) is 7.69. The number of ether oxygens (including phenoxy) is 1. The van der Waals surface area contributed by atoms with E-state index < -0.39 is 5.92 Å². The van der Waals surface area contributed by atoms with Crippen molar-refractivity contribution in [3.63, 3.8) is 0 Å². The molecule has 158 valence electrons. The first-order valence-corrected chi connectivity index (χ1v) is 10.3. The van der Waals surface area contributed by atoms with Crippen LogP contribution in [-0.2, 0) is 12.8 Å². The zero-order chi connectivity index (χ0) is 22.0. The predicted molar refractivity (Wildman–Crippen MR) is 121 cm³/mol. The third-order valence-corrected chi connectivity index (χ3v) is 5.72. The van der Waals surface area contributed by atoms with Crippen molar-refractivity contribution in [2.45, 2.75) is 25.7 Å². The normalized spacial score (nSPS) is 12.1. The second kappa shape index (κ2) is 8.56. The summed E-state index contributed by atoms with van der Waals surface area (Å²) in [5.41, 5.74) is 2.35. The fraction of sp³-hybridized carbons (Fsp3) is 0.192. The van der Waals surface area contributed by atoms with Gasteiger partial charge in [0.25, 0.3) is 0 Å². The number of nitrogens with zero attached hydrogens (tertiary/aromatic N) is 1. The molecule has 0 unspecified atom stereocenters. The molecule has 3 aromatic carbocycles. The van der Waals surface area contributed by atoms with Gasteiger partial charge in [-0.25, -0.2) is 0 Å². The lowest BCUT2D eigenvalue weighted by Crippen LogP contribution is -2.20. The minimum atomic E-state index is -0.500. The number of methoxy groups -OCH3 is 1. The van der Waals surface area contributed by atoms with Crippen LogP contribution in [0.2, 0.25) is 0 Å². The van der Waals surface area contributed by atoms with Crippen molar-refractivity contribution in [2.75, 3.05) is 7.11 Å². The van der Waals surface area contributed by atoms with Crippen LogP contribution in [0.4, 0.5) is 0 Å². The standard InChI is InChI=1S/C26H25NO4/c1-17(19-9-10-21-15-22(31-2)12-11-20(21)14-19)26(30)27-23(24(28)16-25(27)29)13-8-18-6-4-3-5-7-18/h3-7,9-12,14-17,28-29H,8,13H2,1-2H3/t17-/m1/s1. The summed E-state index contributed by atoms with van der Waals surface area (Å²) in [6, 6.07) is 22.7. The van der Waals surface area contributed by atoms with Crippen molar-refractivity contribution in [3.8, 4) is 17.4 Å². The molecule has 1 heterocycles. The van der Waals surface area contributed by atoms with Gasteiger partial charge in [0.15, 0.2) is 0 Å². The van der Waals surface area contributed by atoms with Gasteiger partial charge in [0.1, 0.15) is 11.5 Å². The Hall–Kier alpha value is -3.73. The van der Waals surface area contributed by atoms with Gasteiger partial charge in [-0.15, -0.1) is 0 Å². The van der Waals surface area contributed by atoms with Gasteiger partial charge in [-0.3, -0.25) is 9.36 Å². The van der Waals surface area contributed by atoms with Crippen LogP contribution in [0.15, 0.2) is 72.8 Å². The van der Waals surface area contributed by atoms with Gasteiger partial charge in [0, 0.05) is 6.07 Å². The van der Waals surface area contributed by atoms with Crippen molar-refractivity contribution in [1.82, 2.24) is 4.57 Å². The Morgan fingerprint density at radius 1 is 0.935 bits per heavy atom. The third-order valence-electron chi connectivity index (χ3n) is 5.72. The van der Waals surface area contributed by atoms with E-state index in [-0.39, 0.29) is 17.5 Å². The number of aromatic hydroxyl groups is 2. The van der Waals surface area contributed by atoms with Crippen LogP contribution >= 0.6 is 0 Å². The van der Waals surface area contributed by atoms with Gasteiger partial charge in [-0.2, -0.15) is 0 Å². The van der Waals surface area contributed by atoms with E-state index in [2.05, 4.69) is 0 Å². The summed E-state index contributed by atoms with van der Waals surface area (Å²) >= 11 is 0. The monoisotopic (exact) mass is 415 g/mol. The van der Waals surface area contributed by atoms with E-state index in [4.69, 9.17) is 4.74 Å². The Labute approximate surface area is 181 Å². The molecule has 0 spiro atoms. The highest BCUT2D eigenvalue weighted by atomic mass is 16.5. The molecule has 0 aliphatic rings. The van der Waals surface area contributed by atoms with Crippen molar-refractivity contribution in [1.29, 1.82) is 0 Å². The molecular weight excluding hydrogens is 390 g/mol. The highest BCUT2D eigenvalue weighted by molar-refractivity contribution is 5.91. The fourth-order valence-electron chi connectivity index (χ4n) is 3.89. The van der Waals surface area contributed by atoms with Crippen molar-refractivity contribution in [2.24, 2.45) is 0 Å². The first-order valence-electron chi connectivity index (χ1n) is 10.3. The average Bonchev–Trinajstić information content (AvgIpc) is 3.09. The van der Waals surface area contributed by atoms with Gasteiger partial charge in [-0.05, 0) is 53.8 Å². The van der Waals surface area contributed by atoms with Gasteiger partial charge >= 0.3 is 0 Å². The van der Waals surface area contributed by atoms with Gasteiger partial charge in [0.05, 0.1) is 18.7 Å². The van der Waals surface area contributed by atoms with Crippen LogP contribution in [0.3, 0.4) is 0 Å². The molecule has 0 radical (unpaired) electrons. The summed E-state index contributed by atoms with van der Waals surface area (Å²) in [7, 11) is 1.63. The highest BCUT2D eigenvalue weighted by Crippen LogP contribution is 2.32. The van der Waals surface area contributed by atoms with E-state index >= 15 is 0 Å². The van der Waals surface area contributed by atoms with Gasteiger partial charge < -0.3 is 14.9 Å². The Morgan fingerprint density at radius 2 is 1.65 bits per heavy atom. The van der Waals surface area contributed by atoms with Crippen LogP contribution in [-0.4, -0.2) is 27.8 Å². The van der Waals surface area contributed by atoms with Crippen LogP contribution in [0, 0.1) is 0 Å². The molecular formula is C26H25NO4. The number of aryl methyl sites for hydroxylation is 1. The number of fused-ring (bicyclic) bond motifs is 1. The zero-order valence-corrected chi connectivity index (χ0v) is 17.6. The summed E-state index contributed by atoms with van der Waals surface area (Å²) in [5.74, 6) is -0.323. The molecule has 5 nitrogen and oxygen atoms in total. The van der Waals surface area contributed by atoms with E-state index in [1.807, 2.05) is 73.7 Å². The molecule has 0 aliphatic carbocycles. The molecule has 0 bridgehead atoms. The molecule has 4 rings (SSSR count). The number of aromatic nitrogens is 1. The first-order chi connectivity index (χ1) is 15.0. The molecule has 1 aromatic heterocycles. The fourth-order valence-corrected chi connectivity index (χ4v) is 3.89. The van der Waals surface area contributed by atoms with Crippen molar-refractivity contribution in [3.05, 3.63) is 89.6 Å². The number of benzene rings is 3. The lowest BCUT2D eigenvalue weighted by molar-refractivity contribution is 0.0871. The minimum Gasteiger partial charge on any atom is -0.506 e. The van der Waals surface area contributed by atoms with Crippen LogP contribution in [0.5, 0.6) is 17.4 Å². The summed E-state index contributed by atoms with van der Waals surface area (Å²) < 4.78 is 6.51. The molecule has 0 saturated heterocycles. The number of hydrogen-bond acceptors (Lipinski definition) is 4. The lowest BCUT2D eigenvalue weighted by Gasteiger charge is -2.16. The maximum atomic E-state index is 13.3. The van der Waals surface area contributed by atoms with E-state index in [9.17, 15) is 15.0 Å². The molecule has 0 fully saturated rings. The minimum absolute atomic E-state index is 0.0698. The summed E-state index contributed by atoms with van der Waals surface area (Å²) in [6.45, 7) is 1.81. The molecule has 5 heteroatoms. The third kappa shape index (κ3) is 4.12. The Kier molecular flexibility index (Phi) is 5.67. The number of hydrogen-bond donors (Lipinski definition) is 2. The summed E-state index contributed by atoms with van der Waals surface area (Å²) in [6.07, 6.45) is 1.09. The number of carbonyl (C=O) groups excluding carboxylic acids is 1. The topological polar surface area (TPSA) is 71.7 Å². The highest BCUT2D eigenvalue weighted by Gasteiger charge is 2.25. The molecule has 1 atom stereocenters. The molecule has 31 heavy (non-hydrogen) atoms. The van der Waals surface area contributed by atoms with Crippen LogP contribution in [0.25, 0.3) is 10.8 Å². The summed E-state index contributed by atoms with van der Waals surface area (Å²) in [5, 5.41) is 22.7. The maximum absolute atomic E-state index is 13.3. The van der Waals surface area contributed by atoms with Crippen LogP contribution in [0.1, 0.15) is 34.5 Å². The Balaban J connectivity index is 1.62. The van der Waals surface area contributed by atoms with E-state index in [0.29, 0.717) is 18.5 Å². The molecule has 0 aliphatic heterocycles. The van der Waals surface area contributed by atoms with E-state index in [1.165, 1.54) is 10.6 Å². The smallest absolute Gasteiger partial charge is 0.241 e. The quantitative estimate of drug-likeness (QED) is 0.449. The Bertz CT molecular complexity index is 1230. The largest absolute Gasteiger partial charge is 0.506 e. The van der Waals surface area contributed by atoms with E-state index in [1.54, 1.807) is 7.11 Å². The predicted octanol–water partition coefficient (Wildman–Crippen LogP) is 5.29. The Morgan fingerprint density at radius 3 is 2.39 bits per heavy atom. The second-order valence-electron chi connectivity index (χ2n) is 7.69.